The Morgan fingerprint density at radius 2 is 0.926 bits per heavy atom. The zero-order valence-corrected chi connectivity index (χ0v) is 16.0. The molecule has 0 aliphatic rings. The smallest absolute Gasteiger partial charge is 0.422 e. The monoisotopic (exact) mass is 404 g/mol. The Balaban J connectivity index is 1.84. The van der Waals surface area contributed by atoms with Crippen LogP contribution in [0.3, 0.4) is 0 Å². The van der Waals surface area contributed by atoms with E-state index in [1.54, 1.807) is 91.0 Å². The molecule has 0 saturated carbocycles. The van der Waals surface area contributed by atoms with Crippen molar-refractivity contribution in [2.24, 2.45) is 5.50 Å². The van der Waals surface area contributed by atoms with Crippen molar-refractivity contribution in [3.05, 3.63) is 91.0 Å². The van der Waals surface area contributed by atoms with E-state index in [1.807, 2.05) is 0 Å². The van der Waals surface area contributed by atoms with Crippen LogP contribution in [0.4, 0.5) is 0 Å². The highest BCUT2D eigenvalue weighted by molar-refractivity contribution is 7.69. The van der Waals surface area contributed by atoms with Crippen molar-refractivity contribution in [1.82, 2.24) is 4.86 Å². The van der Waals surface area contributed by atoms with Gasteiger partial charge < -0.3 is 13.6 Å². The minimum absolute atomic E-state index is 0.252. The molecule has 0 aliphatic carbocycles. The number of para-hydroxylation sites is 3. The van der Waals surface area contributed by atoms with Gasteiger partial charge in [0, 0.05) is 0 Å². The maximum atomic E-state index is 13.3. The Morgan fingerprint density at radius 1 is 0.593 bits per heavy atom. The summed E-state index contributed by atoms with van der Waals surface area (Å²) in [7, 11) is -8.26. The van der Waals surface area contributed by atoms with Crippen molar-refractivity contribution < 1.29 is 22.7 Å². The fraction of sp³-hybridized carbons (Fsp3) is 0. The van der Waals surface area contributed by atoms with Crippen molar-refractivity contribution >= 4 is 15.4 Å². The quantitative estimate of drug-likeness (QED) is 0.510. The van der Waals surface area contributed by atoms with Gasteiger partial charge >= 0.3 is 15.4 Å². The van der Waals surface area contributed by atoms with Crippen LogP contribution in [-0.4, -0.2) is 0 Å². The molecule has 3 N–H and O–H groups in total. The molecule has 0 aromatic heterocycles. The van der Waals surface area contributed by atoms with Crippen LogP contribution in [0, 0.1) is 0 Å². The summed E-state index contributed by atoms with van der Waals surface area (Å²) in [5, 5.41) is 0. The molecule has 0 bridgehead atoms. The SMILES string of the molecule is NP(=O)(NP(=O)(Oc1ccccc1)Oc1ccccc1)Oc1ccccc1. The van der Waals surface area contributed by atoms with Gasteiger partial charge in [-0.25, -0.2) is 14.6 Å². The van der Waals surface area contributed by atoms with Gasteiger partial charge in [0.2, 0.25) is 0 Å². The van der Waals surface area contributed by atoms with Crippen LogP contribution in [0.2, 0.25) is 0 Å². The normalized spacial score (nSPS) is 13.4. The van der Waals surface area contributed by atoms with Gasteiger partial charge in [-0.3, -0.25) is 0 Å². The molecule has 0 amide bonds. The maximum Gasteiger partial charge on any atom is 0.522 e. The van der Waals surface area contributed by atoms with Gasteiger partial charge in [-0.1, -0.05) is 54.6 Å². The van der Waals surface area contributed by atoms with Gasteiger partial charge in [0.05, 0.1) is 0 Å². The van der Waals surface area contributed by atoms with E-state index in [2.05, 4.69) is 4.86 Å². The molecule has 0 aliphatic heterocycles. The average Bonchev–Trinajstić information content (AvgIpc) is 2.63. The Bertz CT molecular complexity index is 910. The standard InChI is InChI=1S/C18H18N2O5P2/c19-26(21,23-16-10-4-1-5-11-16)20-27(22,24-17-12-6-2-7-13-17)25-18-14-8-3-9-15-18/h1-15H,(H3,19,20,21,22). The molecule has 9 heteroatoms. The summed E-state index contributed by atoms with van der Waals surface area (Å²) in [6.45, 7) is 0. The number of rotatable bonds is 8. The number of benzene rings is 3. The molecule has 3 aromatic carbocycles. The summed E-state index contributed by atoms with van der Waals surface area (Å²) in [6.07, 6.45) is 0. The van der Waals surface area contributed by atoms with E-state index in [-0.39, 0.29) is 17.2 Å². The molecule has 140 valence electrons. The number of nitrogens with two attached hydrogens (primary N) is 1. The molecular weight excluding hydrogens is 386 g/mol. The lowest BCUT2D eigenvalue weighted by atomic mass is 10.3. The first kappa shape index (κ1) is 19.2. The first-order valence-electron chi connectivity index (χ1n) is 7.96. The minimum Gasteiger partial charge on any atom is -0.422 e. The molecule has 3 aromatic rings. The Kier molecular flexibility index (Phi) is 5.99. The predicted molar refractivity (Wildman–Crippen MR) is 104 cm³/mol. The number of hydrogen-bond acceptors (Lipinski definition) is 5. The highest BCUT2D eigenvalue weighted by Crippen LogP contribution is 2.53. The van der Waals surface area contributed by atoms with Crippen LogP contribution in [0.15, 0.2) is 91.0 Å². The average molecular weight is 404 g/mol. The molecular formula is C18H18N2O5P2. The Morgan fingerprint density at radius 3 is 1.30 bits per heavy atom. The van der Waals surface area contributed by atoms with E-state index < -0.39 is 15.4 Å². The zero-order valence-electron chi connectivity index (χ0n) is 14.2. The van der Waals surface area contributed by atoms with Crippen molar-refractivity contribution in [2.75, 3.05) is 0 Å². The summed E-state index contributed by atoms with van der Waals surface area (Å²) in [4.78, 5) is 2.24. The van der Waals surface area contributed by atoms with E-state index in [4.69, 9.17) is 19.1 Å². The van der Waals surface area contributed by atoms with Gasteiger partial charge in [0.25, 0.3) is 0 Å². The number of hydrogen-bond donors (Lipinski definition) is 2. The zero-order chi connectivity index (χ0) is 19.2. The topological polar surface area (TPSA) is 99.9 Å². The van der Waals surface area contributed by atoms with Crippen molar-refractivity contribution in [3.63, 3.8) is 0 Å². The summed E-state index contributed by atoms with van der Waals surface area (Å²) in [5.74, 6) is 0.759. The lowest BCUT2D eigenvalue weighted by molar-refractivity contribution is 0.376. The van der Waals surface area contributed by atoms with Gasteiger partial charge in [0.1, 0.15) is 17.2 Å². The fourth-order valence-electron chi connectivity index (χ4n) is 2.13. The lowest BCUT2D eigenvalue weighted by Gasteiger charge is -2.23. The Hall–Kier alpha value is -2.56. The van der Waals surface area contributed by atoms with Crippen molar-refractivity contribution in [3.8, 4) is 17.2 Å². The summed E-state index contributed by atoms with van der Waals surface area (Å²) in [5.41, 5.74) is 5.73. The first-order chi connectivity index (χ1) is 12.9. The lowest BCUT2D eigenvalue weighted by Crippen LogP contribution is -2.23. The molecule has 27 heavy (non-hydrogen) atoms. The van der Waals surface area contributed by atoms with E-state index in [9.17, 15) is 9.13 Å². The molecule has 0 radical (unpaired) electrons. The van der Waals surface area contributed by atoms with Crippen LogP contribution in [0.1, 0.15) is 0 Å². The van der Waals surface area contributed by atoms with E-state index in [1.165, 1.54) is 0 Å². The summed E-state index contributed by atoms with van der Waals surface area (Å²) in [6, 6.07) is 25.0. The van der Waals surface area contributed by atoms with Crippen LogP contribution in [-0.2, 0) is 9.13 Å². The van der Waals surface area contributed by atoms with Crippen molar-refractivity contribution in [1.29, 1.82) is 0 Å². The van der Waals surface area contributed by atoms with Crippen LogP contribution in [0.25, 0.3) is 0 Å². The predicted octanol–water partition coefficient (Wildman–Crippen LogP) is 4.99. The third-order valence-corrected chi connectivity index (χ3v) is 6.66. The van der Waals surface area contributed by atoms with E-state index in [0.717, 1.165) is 0 Å². The Labute approximate surface area is 157 Å². The number of nitrogens with one attached hydrogen (secondary N) is 1. The molecule has 0 spiro atoms. The molecule has 0 heterocycles. The van der Waals surface area contributed by atoms with Gasteiger partial charge in [-0.05, 0) is 36.4 Å². The molecule has 1 atom stereocenters. The summed E-state index contributed by atoms with van der Waals surface area (Å²) < 4.78 is 42.2. The van der Waals surface area contributed by atoms with Gasteiger partial charge in [0.15, 0.2) is 0 Å². The van der Waals surface area contributed by atoms with Gasteiger partial charge in [-0.2, -0.15) is 0 Å². The maximum absolute atomic E-state index is 13.3. The second kappa shape index (κ2) is 8.42. The molecule has 7 nitrogen and oxygen atoms in total. The minimum atomic E-state index is -4.18. The second-order valence-electron chi connectivity index (χ2n) is 5.41. The summed E-state index contributed by atoms with van der Waals surface area (Å²) >= 11 is 0. The van der Waals surface area contributed by atoms with Crippen LogP contribution >= 0.6 is 15.4 Å². The molecule has 0 fully saturated rings. The fourth-order valence-corrected chi connectivity index (χ4v) is 5.26. The molecule has 0 saturated heterocycles. The third-order valence-electron chi connectivity index (χ3n) is 3.18. The highest BCUT2D eigenvalue weighted by Gasteiger charge is 2.38. The molecule has 3 rings (SSSR count). The first-order valence-corrected chi connectivity index (χ1v) is 11.2. The van der Waals surface area contributed by atoms with Gasteiger partial charge in [-0.15, -0.1) is 4.86 Å². The van der Waals surface area contributed by atoms with Crippen LogP contribution in [0.5, 0.6) is 17.2 Å². The van der Waals surface area contributed by atoms with E-state index >= 15 is 0 Å². The third kappa shape index (κ3) is 5.98. The highest BCUT2D eigenvalue weighted by atomic mass is 31.3. The van der Waals surface area contributed by atoms with Crippen molar-refractivity contribution in [2.45, 2.75) is 0 Å². The van der Waals surface area contributed by atoms with Crippen LogP contribution < -0.4 is 23.9 Å². The second-order valence-corrected chi connectivity index (χ2v) is 8.94. The van der Waals surface area contributed by atoms with E-state index in [0.29, 0.717) is 0 Å². The largest absolute Gasteiger partial charge is 0.522 e. The molecule has 1 unspecified atom stereocenters.